The van der Waals surface area contributed by atoms with Crippen LogP contribution < -0.4 is 0 Å². The number of carbonyl (C=O) groups is 1. The number of hydrogen-bond acceptors (Lipinski definition) is 2. The van der Waals surface area contributed by atoms with Crippen molar-refractivity contribution in [2.75, 3.05) is 6.54 Å². The van der Waals surface area contributed by atoms with Gasteiger partial charge in [-0.25, -0.2) is 0 Å². The van der Waals surface area contributed by atoms with E-state index in [4.69, 9.17) is 0 Å². The molecule has 2 aromatic heterocycles. The summed E-state index contributed by atoms with van der Waals surface area (Å²) < 4.78 is 1.82. The maximum atomic E-state index is 13.3. The van der Waals surface area contributed by atoms with E-state index >= 15 is 0 Å². The van der Waals surface area contributed by atoms with E-state index in [2.05, 4.69) is 28.3 Å². The molecule has 1 amide bonds. The lowest BCUT2D eigenvalue weighted by atomic mass is 9.86. The second-order valence-corrected chi connectivity index (χ2v) is 7.16. The Morgan fingerprint density at radius 1 is 1.19 bits per heavy atom. The van der Waals surface area contributed by atoms with E-state index in [0.29, 0.717) is 13.1 Å². The third-order valence-corrected chi connectivity index (χ3v) is 5.41. The minimum absolute atomic E-state index is 0.0708. The van der Waals surface area contributed by atoms with Crippen LogP contribution in [-0.2, 0) is 13.6 Å². The van der Waals surface area contributed by atoms with Crippen molar-refractivity contribution < 1.29 is 4.79 Å². The molecule has 2 aromatic carbocycles. The summed E-state index contributed by atoms with van der Waals surface area (Å²) in [4.78, 5) is 18.4. The van der Waals surface area contributed by atoms with Gasteiger partial charge in [0.1, 0.15) is 0 Å². The van der Waals surface area contributed by atoms with Crippen molar-refractivity contribution in [1.82, 2.24) is 19.7 Å². The first-order chi connectivity index (χ1) is 13.2. The lowest BCUT2D eigenvalue weighted by molar-refractivity contribution is 0.0725. The molecule has 1 atom stereocenters. The van der Waals surface area contributed by atoms with Crippen molar-refractivity contribution in [3.05, 3.63) is 89.4 Å². The number of carbonyl (C=O) groups excluding carboxylic acids is 1. The predicted octanol–water partition coefficient (Wildman–Crippen LogP) is 3.69. The summed E-state index contributed by atoms with van der Waals surface area (Å²) in [5.74, 6) is 0.213. The Morgan fingerprint density at radius 3 is 2.93 bits per heavy atom. The van der Waals surface area contributed by atoms with Crippen LogP contribution in [0.3, 0.4) is 0 Å². The molecule has 4 aromatic rings. The summed E-state index contributed by atoms with van der Waals surface area (Å²) in [5.41, 5.74) is 5.41. The normalized spacial score (nSPS) is 16.5. The topological polar surface area (TPSA) is 53.9 Å². The molecule has 0 fully saturated rings. The van der Waals surface area contributed by atoms with E-state index in [-0.39, 0.29) is 11.8 Å². The summed E-state index contributed by atoms with van der Waals surface area (Å²) in [6.07, 6.45) is 5.84. The second kappa shape index (κ2) is 6.13. The Morgan fingerprint density at radius 2 is 2.07 bits per heavy atom. The molecular formula is C22H20N4O. The monoisotopic (exact) mass is 356 g/mol. The summed E-state index contributed by atoms with van der Waals surface area (Å²) in [6, 6.07) is 16.2. The van der Waals surface area contributed by atoms with Crippen LogP contribution in [0.1, 0.15) is 33.0 Å². The number of nitrogens with zero attached hydrogens (tertiary/aromatic N) is 3. The van der Waals surface area contributed by atoms with Gasteiger partial charge in [0, 0.05) is 54.9 Å². The van der Waals surface area contributed by atoms with Gasteiger partial charge in [-0.3, -0.25) is 9.48 Å². The van der Waals surface area contributed by atoms with Crippen LogP contribution in [0.2, 0.25) is 0 Å². The lowest BCUT2D eigenvalue weighted by Gasteiger charge is -2.34. The highest BCUT2D eigenvalue weighted by Gasteiger charge is 2.30. The van der Waals surface area contributed by atoms with E-state index in [9.17, 15) is 4.79 Å². The lowest BCUT2D eigenvalue weighted by Crippen LogP contribution is -2.38. The molecule has 1 aliphatic heterocycles. The average Bonchev–Trinajstić information content (AvgIpc) is 3.34. The van der Waals surface area contributed by atoms with Crippen molar-refractivity contribution in [2.45, 2.75) is 12.5 Å². The van der Waals surface area contributed by atoms with Crippen molar-refractivity contribution in [1.29, 1.82) is 0 Å². The summed E-state index contributed by atoms with van der Waals surface area (Å²) in [5, 5.41) is 5.39. The zero-order valence-corrected chi connectivity index (χ0v) is 15.1. The number of hydrogen-bond donors (Lipinski definition) is 1. The fourth-order valence-corrected chi connectivity index (χ4v) is 4.04. The SMILES string of the molecule is Cn1cc(C2CN(C(=O)c3ccc4[nH]ccc4c3)Cc3ccccc32)cn1. The molecule has 0 saturated heterocycles. The minimum Gasteiger partial charge on any atom is -0.361 e. The van der Waals surface area contributed by atoms with Crippen molar-refractivity contribution >= 4 is 16.8 Å². The molecule has 5 rings (SSSR count). The van der Waals surface area contributed by atoms with Gasteiger partial charge in [-0.1, -0.05) is 24.3 Å². The van der Waals surface area contributed by atoms with Gasteiger partial charge in [0.2, 0.25) is 0 Å². The fraction of sp³-hybridized carbons (Fsp3) is 0.182. The van der Waals surface area contributed by atoms with Gasteiger partial charge in [-0.15, -0.1) is 0 Å². The molecule has 3 heterocycles. The largest absolute Gasteiger partial charge is 0.361 e. The molecule has 0 spiro atoms. The number of aromatic nitrogens is 3. The zero-order chi connectivity index (χ0) is 18.4. The van der Waals surface area contributed by atoms with E-state index < -0.39 is 0 Å². The summed E-state index contributed by atoms with van der Waals surface area (Å²) in [6.45, 7) is 1.30. The molecule has 1 unspecified atom stereocenters. The molecular weight excluding hydrogens is 336 g/mol. The van der Waals surface area contributed by atoms with E-state index in [1.54, 1.807) is 0 Å². The first-order valence-corrected chi connectivity index (χ1v) is 9.12. The van der Waals surface area contributed by atoms with Crippen molar-refractivity contribution in [3.63, 3.8) is 0 Å². The molecule has 1 aliphatic rings. The fourth-order valence-electron chi connectivity index (χ4n) is 4.04. The number of H-pyrrole nitrogens is 1. The second-order valence-electron chi connectivity index (χ2n) is 7.16. The third-order valence-electron chi connectivity index (χ3n) is 5.41. The number of amides is 1. The van der Waals surface area contributed by atoms with Crippen LogP contribution in [0, 0.1) is 0 Å². The van der Waals surface area contributed by atoms with E-state index in [0.717, 1.165) is 22.0 Å². The van der Waals surface area contributed by atoms with Crippen LogP contribution in [0.25, 0.3) is 10.9 Å². The van der Waals surface area contributed by atoms with Crippen molar-refractivity contribution in [3.8, 4) is 0 Å². The van der Waals surface area contributed by atoms with E-state index in [1.807, 2.05) is 65.6 Å². The van der Waals surface area contributed by atoms with Crippen LogP contribution in [-0.4, -0.2) is 32.1 Å². The average molecular weight is 356 g/mol. The van der Waals surface area contributed by atoms with Crippen LogP contribution >= 0.6 is 0 Å². The predicted molar refractivity (Wildman–Crippen MR) is 105 cm³/mol. The van der Waals surface area contributed by atoms with Crippen molar-refractivity contribution in [2.24, 2.45) is 7.05 Å². The molecule has 0 bridgehead atoms. The Kier molecular flexibility index (Phi) is 3.60. The molecule has 5 nitrogen and oxygen atoms in total. The first-order valence-electron chi connectivity index (χ1n) is 9.12. The standard InChI is InChI=1S/C22H20N4O/c1-25-12-18(11-24-25)20-14-26(13-17-4-2-3-5-19(17)20)22(27)16-6-7-21-15(10-16)8-9-23-21/h2-12,20,23H,13-14H2,1H3. The number of aryl methyl sites for hydroxylation is 1. The maximum Gasteiger partial charge on any atom is 0.254 e. The maximum absolute atomic E-state index is 13.3. The smallest absolute Gasteiger partial charge is 0.254 e. The minimum atomic E-state index is 0.0708. The van der Waals surface area contributed by atoms with E-state index in [1.165, 1.54) is 11.1 Å². The molecule has 5 heteroatoms. The molecule has 0 aliphatic carbocycles. The van der Waals surface area contributed by atoms with Gasteiger partial charge in [-0.05, 0) is 41.0 Å². The van der Waals surface area contributed by atoms with Gasteiger partial charge in [-0.2, -0.15) is 5.10 Å². The quantitative estimate of drug-likeness (QED) is 0.595. The van der Waals surface area contributed by atoms with Crippen LogP contribution in [0.4, 0.5) is 0 Å². The number of fused-ring (bicyclic) bond motifs is 2. The third kappa shape index (κ3) is 2.72. The highest BCUT2D eigenvalue weighted by Crippen LogP contribution is 2.34. The van der Waals surface area contributed by atoms with Gasteiger partial charge in [0.15, 0.2) is 0 Å². The Hall–Kier alpha value is -3.34. The molecule has 0 saturated carbocycles. The first kappa shape index (κ1) is 15.9. The van der Waals surface area contributed by atoms with Gasteiger partial charge >= 0.3 is 0 Å². The Labute approximate surface area is 157 Å². The zero-order valence-electron chi connectivity index (χ0n) is 15.1. The van der Waals surface area contributed by atoms with Gasteiger partial charge < -0.3 is 9.88 Å². The number of rotatable bonds is 2. The van der Waals surface area contributed by atoms with Crippen LogP contribution in [0.5, 0.6) is 0 Å². The Bertz CT molecular complexity index is 1140. The summed E-state index contributed by atoms with van der Waals surface area (Å²) >= 11 is 0. The molecule has 27 heavy (non-hydrogen) atoms. The number of nitrogens with one attached hydrogen (secondary N) is 1. The molecule has 134 valence electrons. The Balaban J connectivity index is 1.52. The number of benzene rings is 2. The summed E-state index contributed by atoms with van der Waals surface area (Å²) in [7, 11) is 1.92. The van der Waals surface area contributed by atoms with Gasteiger partial charge in [0.05, 0.1) is 6.20 Å². The number of aromatic amines is 1. The molecule has 0 radical (unpaired) electrons. The van der Waals surface area contributed by atoms with Crippen LogP contribution in [0.15, 0.2) is 67.1 Å². The molecule has 1 N–H and O–H groups in total. The van der Waals surface area contributed by atoms with Gasteiger partial charge in [0.25, 0.3) is 5.91 Å². The highest BCUT2D eigenvalue weighted by atomic mass is 16.2. The highest BCUT2D eigenvalue weighted by molar-refractivity contribution is 5.98.